The number of rotatable bonds is 4. The highest BCUT2D eigenvalue weighted by molar-refractivity contribution is 5.86. The molecule has 1 N–H and O–H groups in total. The lowest BCUT2D eigenvalue weighted by atomic mass is 10.3. The summed E-state index contributed by atoms with van der Waals surface area (Å²) in [5.41, 5.74) is 1.43. The van der Waals surface area contributed by atoms with E-state index in [2.05, 4.69) is 26.8 Å². The van der Waals surface area contributed by atoms with Gasteiger partial charge >= 0.3 is 0 Å². The zero-order valence-electron chi connectivity index (χ0n) is 9.71. The summed E-state index contributed by atoms with van der Waals surface area (Å²) in [6.45, 7) is 3.72. The van der Waals surface area contributed by atoms with E-state index in [9.17, 15) is 4.79 Å². The number of aromatic nitrogens is 3. The minimum absolute atomic E-state index is 0.229. The van der Waals surface area contributed by atoms with Crippen molar-refractivity contribution in [2.24, 2.45) is 0 Å². The number of hydrogen-bond acceptors (Lipinski definition) is 4. The molecule has 0 unspecified atom stereocenters. The van der Waals surface area contributed by atoms with Crippen molar-refractivity contribution in [2.45, 2.75) is 6.54 Å². The number of carbonyl (C=O) groups excluding carboxylic acids is 1. The Hall–Kier alpha value is -2.56. The summed E-state index contributed by atoms with van der Waals surface area (Å²) in [5, 5.41) is 2.66. The first-order chi connectivity index (χ1) is 8.79. The van der Waals surface area contributed by atoms with Crippen LogP contribution in [0.4, 0.5) is 0 Å². The van der Waals surface area contributed by atoms with Crippen LogP contribution in [0.25, 0.3) is 11.5 Å². The van der Waals surface area contributed by atoms with Crippen LogP contribution >= 0.6 is 0 Å². The van der Waals surface area contributed by atoms with Gasteiger partial charge in [0, 0.05) is 12.4 Å². The van der Waals surface area contributed by atoms with Crippen LogP contribution in [0.15, 0.2) is 49.3 Å². The van der Waals surface area contributed by atoms with Crippen LogP contribution in [0.2, 0.25) is 0 Å². The SMILES string of the molecule is C=CC(=O)NCc1ccnc(-c2ccccn2)n1. The molecule has 5 heteroatoms. The van der Waals surface area contributed by atoms with E-state index in [4.69, 9.17) is 0 Å². The zero-order chi connectivity index (χ0) is 12.8. The predicted molar refractivity (Wildman–Crippen MR) is 67.3 cm³/mol. The highest BCUT2D eigenvalue weighted by atomic mass is 16.1. The Bertz CT molecular complexity index is 554. The molecule has 0 aliphatic carbocycles. The molecule has 2 heterocycles. The van der Waals surface area contributed by atoms with Crippen LogP contribution in [0.5, 0.6) is 0 Å². The second-order valence-corrected chi connectivity index (χ2v) is 3.51. The molecule has 0 fully saturated rings. The first-order valence-corrected chi connectivity index (χ1v) is 5.43. The standard InChI is InChI=1S/C13H12N4O/c1-2-12(18)16-9-10-6-8-15-13(17-10)11-5-3-4-7-14-11/h2-8H,1,9H2,(H,16,18). The first-order valence-electron chi connectivity index (χ1n) is 5.43. The van der Waals surface area contributed by atoms with E-state index in [1.54, 1.807) is 18.5 Å². The third kappa shape index (κ3) is 2.98. The molecule has 1 amide bonds. The lowest BCUT2D eigenvalue weighted by Crippen LogP contribution is -2.20. The molecule has 90 valence electrons. The van der Waals surface area contributed by atoms with Crippen molar-refractivity contribution in [3.63, 3.8) is 0 Å². The largest absolute Gasteiger partial charge is 0.347 e. The molecule has 0 atom stereocenters. The van der Waals surface area contributed by atoms with Gasteiger partial charge in [-0.25, -0.2) is 9.97 Å². The Morgan fingerprint density at radius 3 is 2.89 bits per heavy atom. The fourth-order valence-corrected chi connectivity index (χ4v) is 1.36. The van der Waals surface area contributed by atoms with Gasteiger partial charge in [0.1, 0.15) is 5.69 Å². The summed E-state index contributed by atoms with van der Waals surface area (Å²) in [6, 6.07) is 7.28. The van der Waals surface area contributed by atoms with E-state index >= 15 is 0 Å². The summed E-state index contributed by atoms with van der Waals surface area (Å²) in [4.78, 5) is 23.7. The Morgan fingerprint density at radius 1 is 1.28 bits per heavy atom. The maximum absolute atomic E-state index is 11.1. The van der Waals surface area contributed by atoms with Crippen molar-refractivity contribution < 1.29 is 4.79 Å². The molecule has 5 nitrogen and oxygen atoms in total. The minimum Gasteiger partial charge on any atom is -0.347 e. The molecule has 0 aromatic carbocycles. The van der Waals surface area contributed by atoms with Crippen molar-refractivity contribution in [3.05, 3.63) is 55.0 Å². The summed E-state index contributed by atoms with van der Waals surface area (Å²) in [7, 11) is 0. The zero-order valence-corrected chi connectivity index (χ0v) is 9.71. The number of amides is 1. The van der Waals surface area contributed by atoms with Gasteiger partial charge in [0.15, 0.2) is 5.82 Å². The summed E-state index contributed by atoms with van der Waals surface area (Å²) >= 11 is 0. The van der Waals surface area contributed by atoms with Crippen LogP contribution < -0.4 is 5.32 Å². The Morgan fingerprint density at radius 2 is 2.17 bits per heavy atom. The molecule has 18 heavy (non-hydrogen) atoms. The number of pyridine rings is 1. The van der Waals surface area contributed by atoms with E-state index in [1.165, 1.54) is 6.08 Å². The monoisotopic (exact) mass is 240 g/mol. The molecule has 0 aliphatic rings. The highest BCUT2D eigenvalue weighted by Gasteiger charge is 2.03. The van der Waals surface area contributed by atoms with Crippen LogP contribution in [-0.2, 0) is 11.3 Å². The third-order valence-electron chi connectivity index (χ3n) is 2.24. The number of carbonyl (C=O) groups is 1. The second kappa shape index (κ2) is 5.67. The average Bonchev–Trinajstić information content (AvgIpc) is 2.46. The van der Waals surface area contributed by atoms with Crippen molar-refractivity contribution in [3.8, 4) is 11.5 Å². The van der Waals surface area contributed by atoms with E-state index in [-0.39, 0.29) is 5.91 Å². The smallest absolute Gasteiger partial charge is 0.243 e. The molecule has 0 radical (unpaired) electrons. The van der Waals surface area contributed by atoms with Gasteiger partial charge in [-0.3, -0.25) is 9.78 Å². The molecule has 2 aromatic rings. The van der Waals surface area contributed by atoms with Gasteiger partial charge in [-0.2, -0.15) is 0 Å². The molecule has 2 aromatic heterocycles. The quantitative estimate of drug-likeness (QED) is 0.819. The molecule has 0 aliphatic heterocycles. The van der Waals surface area contributed by atoms with Crippen LogP contribution in [-0.4, -0.2) is 20.9 Å². The summed E-state index contributed by atoms with van der Waals surface area (Å²) < 4.78 is 0. The number of hydrogen-bond donors (Lipinski definition) is 1. The number of nitrogens with one attached hydrogen (secondary N) is 1. The second-order valence-electron chi connectivity index (χ2n) is 3.51. The summed E-state index contributed by atoms with van der Waals surface area (Å²) in [6.07, 6.45) is 4.55. The Labute approximate surface area is 105 Å². The molecular weight excluding hydrogens is 228 g/mol. The first kappa shape index (κ1) is 11.9. The van der Waals surface area contributed by atoms with Crippen molar-refractivity contribution >= 4 is 5.91 Å². The van der Waals surface area contributed by atoms with E-state index < -0.39 is 0 Å². The van der Waals surface area contributed by atoms with Gasteiger partial charge in [0.2, 0.25) is 5.91 Å². The predicted octanol–water partition coefficient (Wildman–Crippen LogP) is 1.34. The van der Waals surface area contributed by atoms with Gasteiger partial charge in [0.05, 0.1) is 12.2 Å². The molecule has 0 saturated heterocycles. The molecular formula is C13H12N4O. The fraction of sp³-hybridized carbons (Fsp3) is 0.0769. The fourth-order valence-electron chi connectivity index (χ4n) is 1.36. The maximum atomic E-state index is 11.1. The third-order valence-corrected chi connectivity index (χ3v) is 2.24. The van der Waals surface area contributed by atoms with Crippen LogP contribution in [0, 0.1) is 0 Å². The maximum Gasteiger partial charge on any atom is 0.243 e. The van der Waals surface area contributed by atoms with Gasteiger partial charge in [-0.15, -0.1) is 0 Å². The van der Waals surface area contributed by atoms with E-state index in [0.717, 1.165) is 5.69 Å². The van der Waals surface area contributed by atoms with Gasteiger partial charge in [-0.1, -0.05) is 12.6 Å². The van der Waals surface area contributed by atoms with Crippen molar-refractivity contribution in [1.82, 2.24) is 20.3 Å². The van der Waals surface area contributed by atoms with Crippen molar-refractivity contribution in [2.75, 3.05) is 0 Å². The lowest BCUT2D eigenvalue weighted by Gasteiger charge is -2.03. The molecule has 0 spiro atoms. The highest BCUT2D eigenvalue weighted by Crippen LogP contribution is 2.10. The Balaban J connectivity index is 2.15. The van der Waals surface area contributed by atoms with Gasteiger partial charge in [0.25, 0.3) is 0 Å². The minimum atomic E-state index is -0.229. The molecule has 0 saturated carbocycles. The van der Waals surface area contributed by atoms with Crippen LogP contribution in [0.3, 0.4) is 0 Å². The van der Waals surface area contributed by atoms with E-state index in [0.29, 0.717) is 18.1 Å². The Kier molecular flexibility index (Phi) is 3.76. The lowest BCUT2D eigenvalue weighted by molar-refractivity contribution is -0.116. The van der Waals surface area contributed by atoms with Gasteiger partial charge < -0.3 is 5.32 Å². The summed E-state index contributed by atoms with van der Waals surface area (Å²) in [5.74, 6) is 0.314. The normalized spacial score (nSPS) is 9.78. The van der Waals surface area contributed by atoms with Crippen LogP contribution in [0.1, 0.15) is 5.69 Å². The van der Waals surface area contributed by atoms with Crippen molar-refractivity contribution in [1.29, 1.82) is 0 Å². The topological polar surface area (TPSA) is 67.8 Å². The number of nitrogens with zero attached hydrogens (tertiary/aromatic N) is 3. The molecule has 2 rings (SSSR count). The average molecular weight is 240 g/mol. The molecule has 0 bridgehead atoms. The van der Waals surface area contributed by atoms with E-state index in [1.807, 2.05) is 18.2 Å². The van der Waals surface area contributed by atoms with Gasteiger partial charge in [-0.05, 0) is 24.3 Å².